The number of sulfonamides is 1. The summed E-state index contributed by atoms with van der Waals surface area (Å²) < 4.78 is 27.8. The maximum absolute atomic E-state index is 12.9. The topological polar surface area (TPSA) is 79.4 Å². The van der Waals surface area contributed by atoms with Gasteiger partial charge in [0.15, 0.2) is 5.13 Å². The molecule has 0 spiro atoms. The number of nitrogens with one attached hydrogen (secondary N) is 1. The number of fused-ring (bicyclic) bond motifs is 1. The smallest absolute Gasteiger partial charge is 0.257 e. The van der Waals surface area contributed by atoms with Crippen molar-refractivity contribution in [1.82, 2.24) is 9.29 Å². The van der Waals surface area contributed by atoms with Crippen LogP contribution in [0.5, 0.6) is 0 Å². The Morgan fingerprint density at radius 3 is 2.40 bits per heavy atom. The van der Waals surface area contributed by atoms with Gasteiger partial charge in [0.1, 0.15) is 0 Å². The molecule has 2 aromatic carbocycles. The number of aromatic nitrogens is 1. The van der Waals surface area contributed by atoms with Gasteiger partial charge in [-0.15, -0.1) is 13.2 Å². The summed E-state index contributed by atoms with van der Waals surface area (Å²) in [4.78, 5) is 17.0. The van der Waals surface area contributed by atoms with Crippen molar-refractivity contribution in [1.29, 1.82) is 0 Å². The first-order valence-corrected chi connectivity index (χ1v) is 12.4. The van der Waals surface area contributed by atoms with Crippen LogP contribution >= 0.6 is 27.3 Å². The lowest BCUT2D eigenvalue weighted by molar-refractivity contribution is 0.102. The summed E-state index contributed by atoms with van der Waals surface area (Å²) in [5.41, 5.74) is 2.21. The molecular weight excluding hydrogens is 486 g/mol. The number of carbonyl (C=O) groups is 1. The van der Waals surface area contributed by atoms with Crippen LogP contribution in [0.25, 0.3) is 10.2 Å². The highest BCUT2D eigenvalue weighted by Gasteiger charge is 2.23. The first-order chi connectivity index (χ1) is 14.4. The molecule has 0 aliphatic carbocycles. The average molecular weight is 506 g/mol. The van der Waals surface area contributed by atoms with Crippen molar-refractivity contribution >= 4 is 58.5 Å². The van der Waals surface area contributed by atoms with Gasteiger partial charge in [0.05, 0.1) is 15.1 Å². The van der Waals surface area contributed by atoms with Gasteiger partial charge in [0, 0.05) is 24.0 Å². The average Bonchev–Trinajstić information content (AvgIpc) is 3.15. The fourth-order valence-corrected chi connectivity index (χ4v) is 5.50. The van der Waals surface area contributed by atoms with Crippen LogP contribution in [-0.2, 0) is 15.4 Å². The van der Waals surface area contributed by atoms with Gasteiger partial charge in [-0.05, 0) is 35.9 Å². The largest absolute Gasteiger partial charge is 0.298 e. The summed E-state index contributed by atoms with van der Waals surface area (Å²) in [5, 5.41) is 3.90. The van der Waals surface area contributed by atoms with Gasteiger partial charge < -0.3 is 0 Å². The molecule has 156 valence electrons. The van der Waals surface area contributed by atoms with Crippen molar-refractivity contribution in [3.8, 4) is 0 Å². The highest BCUT2D eigenvalue weighted by atomic mass is 79.9. The fraction of sp³-hybridized carbons (Fsp3) is 0.143. The maximum Gasteiger partial charge on any atom is 0.257 e. The van der Waals surface area contributed by atoms with E-state index in [2.05, 4.69) is 39.4 Å². The van der Waals surface area contributed by atoms with E-state index < -0.39 is 10.0 Å². The molecule has 0 atom stereocenters. The summed E-state index contributed by atoms with van der Waals surface area (Å²) in [6, 6.07) is 12.0. The predicted molar refractivity (Wildman–Crippen MR) is 126 cm³/mol. The number of carbonyl (C=O) groups excluding carboxylic acids is 1. The number of hydrogen-bond donors (Lipinski definition) is 1. The summed E-state index contributed by atoms with van der Waals surface area (Å²) in [6.07, 6.45) is 3.06. The van der Waals surface area contributed by atoms with Crippen molar-refractivity contribution in [2.45, 2.75) is 10.2 Å². The molecule has 0 saturated carbocycles. The first kappa shape index (κ1) is 22.4. The van der Waals surface area contributed by atoms with Crippen LogP contribution in [0.15, 0.2) is 72.7 Å². The Morgan fingerprint density at radius 1 is 1.13 bits per heavy atom. The lowest BCUT2D eigenvalue weighted by atomic mass is 10.1. The minimum absolute atomic E-state index is 0.158. The molecule has 6 nitrogen and oxygen atoms in total. The molecule has 0 aliphatic heterocycles. The second-order valence-corrected chi connectivity index (χ2v) is 9.86. The highest BCUT2D eigenvalue weighted by molar-refractivity contribution is 9.08. The van der Waals surface area contributed by atoms with Crippen LogP contribution in [0.3, 0.4) is 0 Å². The second-order valence-electron chi connectivity index (χ2n) is 6.33. The molecule has 0 fully saturated rings. The van der Waals surface area contributed by atoms with E-state index in [-0.39, 0.29) is 23.9 Å². The Bertz CT molecular complexity index is 1180. The van der Waals surface area contributed by atoms with Crippen LogP contribution in [0.1, 0.15) is 15.9 Å². The molecule has 1 N–H and O–H groups in total. The normalized spacial score (nSPS) is 11.5. The van der Waals surface area contributed by atoms with Gasteiger partial charge >= 0.3 is 0 Å². The van der Waals surface area contributed by atoms with Crippen LogP contribution in [0, 0.1) is 0 Å². The zero-order valence-electron chi connectivity index (χ0n) is 16.0. The number of nitrogens with zero attached hydrogens (tertiary/aromatic N) is 2. The van der Waals surface area contributed by atoms with Crippen LogP contribution in [0.4, 0.5) is 5.13 Å². The van der Waals surface area contributed by atoms with E-state index in [1.54, 1.807) is 24.3 Å². The van der Waals surface area contributed by atoms with Gasteiger partial charge in [-0.1, -0.05) is 51.6 Å². The zero-order chi connectivity index (χ0) is 21.7. The third-order valence-electron chi connectivity index (χ3n) is 4.25. The van der Waals surface area contributed by atoms with Crippen molar-refractivity contribution in [3.05, 3.63) is 78.9 Å². The highest BCUT2D eigenvalue weighted by Crippen LogP contribution is 2.29. The second kappa shape index (κ2) is 9.65. The molecule has 0 aliphatic rings. The number of alkyl halides is 1. The van der Waals surface area contributed by atoms with E-state index in [1.165, 1.54) is 33.9 Å². The Morgan fingerprint density at radius 2 is 1.80 bits per heavy atom. The van der Waals surface area contributed by atoms with Crippen molar-refractivity contribution in [2.24, 2.45) is 0 Å². The molecule has 0 saturated heterocycles. The number of hydrogen-bond acceptors (Lipinski definition) is 5. The van der Waals surface area contributed by atoms with Crippen LogP contribution in [0.2, 0.25) is 0 Å². The monoisotopic (exact) mass is 505 g/mol. The zero-order valence-corrected chi connectivity index (χ0v) is 19.3. The van der Waals surface area contributed by atoms with Crippen LogP contribution in [-0.4, -0.2) is 36.7 Å². The third-order valence-corrected chi connectivity index (χ3v) is 7.66. The van der Waals surface area contributed by atoms with Crippen molar-refractivity contribution in [2.75, 3.05) is 18.4 Å². The maximum atomic E-state index is 12.9. The predicted octanol–water partition coefficient (Wildman–Crippen LogP) is 4.81. The Labute approximate surface area is 188 Å². The molecule has 1 heterocycles. The Balaban J connectivity index is 1.85. The Kier molecular flexibility index (Phi) is 7.19. The number of amides is 1. The lowest BCUT2D eigenvalue weighted by Gasteiger charge is -2.18. The Hall–Kier alpha value is -2.33. The number of rotatable bonds is 9. The molecule has 0 unspecified atom stereocenters. The molecule has 30 heavy (non-hydrogen) atoms. The summed E-state index contributed by atoms with van der Waals surface area (Å²) in [7, 11) is -3.70. The molecule has 3 aromatic rings. The molecule has 9 heteroatoms. The van der Waals surface area contributed by atoms with E-state index in [4.69, 9.17) is 0 Å². The van der Waals surface area contributed by atoms with E-state index in [9.17, 15) is 13.2 Å². The molecular formula is C21H20BrN3O3S2. The van der Waals surface area contributed by atoms with E-state index in [0.717, 1.165) is 10.9 Å². The van der Waals surface area contributed by atoms with Gasteiger partial charge in [-0.25, -0.2) is 13.4 Å². The quantitative estimate of drug-likeness (QED) is 0.334. The molecule has 3 rings (SSSR count). The van der Waals surface area contributed by atoms with Gasteiger partial charge in [0.25, 0.3) is 5.91 Å². The third kappa shape index (κ3) is 4.86. The molecule has 0 radical (unpaired) electrons. The number of benzene rings is 2. The molecule has 1 aromatic heterocycles. The van der Waals surface area contributed by atoms with Crippen LogP contribution < -0.4 is 5.32 Å². The summed E-state index contributed by atoms with van der Waals surface area (Å²) in [5.74, 6) is -0.272. The summed E-state index contributed by atoms with van der Waals surface area (Å²) >= 11 is 4.60. The van der Waals surface area contributed by atoms with E-state index in [0.29, 0.717) is 20.9 Å². The first-order valence-electron chi connectivity index (χ1n) is 8.98. The van der Waals surface area contributed by atoms with Gasteiger partial charge in [-0.2, -0.15) is 4.31 Å². The van der Waals surface area contributed by atoms with Crippen molar-refractivity contribution in [3.63, 3.8) is 0 Å². The summed E-state index contributed by atoms with van der Waals surface area (Å²) in [6.45, 7) is 7.60. The molecule has 1 amide bonds. The van der Waals surface area contributed by atoms with Crippen molar-refractivity contribution < 1.29 is 13.2 Å². The van der Waals surface area contributed by atoms with Gasteiger partial charge in [-0.3, -0.25) is 10.1 Å². The number of anilines is 1. The van der Waals surface area contributed by atoms with E-state index >= 15 is 0 Å². The minimum Gasteiger partial charge on any atom is -0.298 e. The fourth-order valence-electron chi connectivity index (χ4n) is 2.74. The minimum atomic E-state index is -3.70. The number of thiazole rings is 1. The lowest BCUT2D eigenvalue weighted by Crippen LogP contribution is -2.31. The number of halogens is 1. The van der Waals surface area contributed by atoms with E-state index in [1.807, 2.05) is 12.1 Å². The molecule has 0 bridgehead atoms. The van der Waals surface area contributed by atoms with Gasteiger partial charge in [0.2, 0.25) is 10.0 Å². The SMILES string of the molecule is C=CCN(CC=C)S(=O)(=O)c1ccc2nc(NC(=O)c3ccc(CBr)cc3)sc2c1. The standard InChI is InChI=1S/C21H20BrN3O3S2/c1-3-11-25(12-4-2)30(27,28)17-9-10-18-19(13-17)29-21(23-18)24-20(26)16-7-5-15(14-22)6-8-16/h3-10,13H,1-2,11-12,14H2,(H,23,24,26).